The fraction of sp³-hybridized carbons (Fsp3) is 0.267. The largest absolute Gasteiger partial charge is 0.493 e. The number of nitrogens with two attached hydrogens (primary N) is 1. The molecule has 0 amide bonds. The van der Waals surface area contributed by atoms with E-state index < -0.39 is 0 Å². The summed E-state index contributed by atoms with van der Waals surface area (Å²) in [5, 5.41) is -0.0353. The van der Waals surface area contributed by atoms with Crippen LogP contribution in [0.5, 0.6) is 11.5 Å². The fourth-order valence-corrected chi connectivity index (χ4v) is 3.61. The number of carbonyl (C=O) groups excluding carboxylic acids is 1. The summed E-state index contributed by atoms with van der Waals surface area (Å²) in [6.07, 6.45) is 0.525. The number of ether oxygens (including phenoxy) is 2. The van der Waals surface area contributed by atoms with E-state index in [4.69, 9.17) is 15.2 Å². The molecule has 120 valence electrons. The highest BCUT2D eigenvalue weighted by molar-refractivity contribution is 8.00. The lowest BCUT2D eigenvalue weighted by Gasteiger charge is -2.09. The van der Waals surface area contributed by atoms with E-state index in [9.17, 15) is 9.59 Å². The van der Waals surface area contributed by atoms with E-state index in [1.165, 1.54) is 24.9 Å². The number of thioether (sulfide) groups is 1. The smallest absolute Gasteiger partial charge is 0.253 e. The maximum absolute atomic E-state index is 12.6. The first-order chi connectivity index (χ1) is 11.0. The van der Waals surface area contributed by atoms with E-state index in [1.807, 2.05) is 6.07 Å². The molecule has 1 atom stereocenters. The Morgan fingerprint density at radius 2 is 1.91 bits per heavy atom. The van der Waals surface area contributed by atoms with E-state index >= 15 is 0 Å². The molecule has 3 N–H and O–H groups in total. The van der Waals surface area contributed by atoms with Crippen LogP contribution >= 0.6 is 11.8 Å². The van der Waals surface area contributed by atoms with Gasteiger partial charge in [-0.1, -0.05) is 11.8 Å². The number of methoxy groups -OCH3 is 2. The first kappa shape index (κ1) is 15.4. The fourth-order valence-electron chi connectivity index (χ4n) is 2.52. The zero-order valence-corrected chi connectivity index (χ0v) is 13.4. The Morgan fingerprint density at radius 1 is 1.22 bits per heavy atom. The minimum atomic E-state index is -0.369. The summed E-state index contributed by atoms with van der Waals surface area (Å²) >= 11 is 1.19. The van der Waals surface area contributed by atoms with Gasteiger partial charge in [0.05, 0.1) is 19.5 Å². The number of ketones is 1. The molecule has 0 radical (unpaired) electrons. The van der Waals surface area contributed by atoms with Crippen LogP contribution in [0.3, 0.4) is 0 Å². The molecule has 2 aromatic rings. The summed E-state index contributed by atoms with van der Waals surface area (Å²) in [5.41, 5.74) is 6.71. The number of benzene rings is 1. The molecule has 7 nitrogen and oxygen atoms in total. The van der Waals surface area contributed by atoms with Crippen molar-refractivity contribution in [3.05, 3.63) is 39.7 Å². The van der Waals surface area contributed by atoms with Crippen molar-refractivity contribution in [2.24, 2.45) is 0 Å². The standard InChI is InChI=1S/C15H15N3O4S/c1-21-9-3-7-4-11(14(20)8(7)5-10(9)22-2)23-15-17-12(16)6-13(19)18-15/h3,5-6,11H,4H2,1-2H3,(H3,16,17,18,19)/t11-/m0/s1. The van der Waals surface area contributed by atoms with Crippen LogP contribution in [0.4, 0.5) is 5.82 Å². The van der Waals surface area contributed by atoms with Crippen LogP contribution in [0.2, 0.25) is 0 Å². The first-order valence-electron chi connectivity index (χ1n) is 6.84. The molecule has 23 heavy (non-hydrogen) atoms. The van der Waals surface area contributed by atoms with Crippen LogP contribution in [0.15, 0.2) is 28.2 Å². The molecule has 0 spiro atoms. The Labute approximate surface area is 136 Å². The van der Waals surface area contributed by atoms with Gasteiger partial charge in [0.15, 0.2) is 22.4 Å². The van der Waals surface area contributed by atoms with Gasteiger partial charge in [0.25, 0.3) is 5.56 Å². The van der Waals surface area contributed by atoms with Gasteiger partial charge in [0.1, 0.15) is 5.82 Å². The lowest BCUT2D eigenvalue weighted by atomic mass is 10.1. The van der Waals surface area contributed by atoms with Crippen LogP contribution < -0.4 is 20.8 Å². The second-order valence-corrected chi connectivity index (χ2v) is 6.21. The highest BCUT2D eigenvalue weighted by Gasteiger charge is 2.33. The number of anilines is 1. The molecule has 0 fully saturated rings. The first-order valence-corrected chi connectivity index (χ1v) is 7.72. The monoisotopic (exact) mass is 333 g/mol. The zero-order valence-electron chi connectivity index (χ0n) is 12.6. The van der Waals surface area contributed by atoms with Gasteiger partial charge in [-0.3, -0.25) is 9.59 Å². The van der Waals surface area contributed by atoms with Gasteiger partial charge < -0.3 is 20.2 Å². The van der Waals surface area contributed by atoms with Crippen molar-refractivity contribution in [3.63, 3.8) is 0 Å². The summed E-state index contributed by atoms with van der Waals surface area (Å²) in [6.45, 7) is 0. The molecule has 1 aromatic heterocycles. The predicted molar refractivity (Wildman–Crippen MR) is 86.5 cm³/mol. The van der Waals surface area contributed by atoms with E-state index in [-0.39, 0.29) is 22.4 Å². The average molecular weight is 333 g/mol. The molecule has 1 heterocycles. The van der Waals surface area contributed by atoms with Crippen molar-refractivity contribution in [2.45, 2.75) is 16.8 Å². The van der Waals surface area contributed by atoms with Gasteiger partial charge in [0, 0.05) is 11.6 Å². The summed E-state index contributed by atoms with van der Waals surface area (Å²) < 4.78 is 10.5. The number of nitrogen functional groups attached to an aromatic ring is 1. The number of aromatic amines is 1. The Kier molecular flexibility index (Phi) is 3.99. The molecule has 0 bridgehead atoms. The van der Waals surface area contributed by atoms with Crippen molar-refractivity contribution in [1.29, 1.82) is 0 Å². The number of nitrogens with zero attached hydrogens (tertiary/aromatic N) is 1. The maximum atomic E-state index is 12.6. The highest BCUT2D eigenvalue weighted by atomic mass is 32.2. The molecular formula is C15H15N3O4S. The number of rotatable bonds is 4. The van der Waals surface area contributed by atoms with Crippen LogP contribution in [-0.4, -0.2) is 35.2 Å². The van der Waals surface area contributed by atoms with E-state index in [0.29, 0.717) is 28.6 Å². The molecule has 1 aliphatic rings. The SMILES string of the molecule is COc1cc2c(cc1OC)C(=O)[C@@H](Sc1nc(N)cc(=O)[nH]1)C2. The number of Topliss-reactive ketones (excluding diaryl/α,β-unsaturated/α-hetero) is 1. The Hall–Kier alpha value is -2.48. The van der Waals surface area contributed by atoms with Crippen molar-refractivity contribution in [3.8, 4) is 11.5 Å². The molecule has 0 unspecified atom stereocenters. The molecule has 1 aromatic carbocycles. The summed E-state index contributed by atoms with van der Waals surface area (Å²) in [6, 6.07) is 4.69. The quantitative estimate of drug-likeness (QED) is 0.811. The van der Waals surface area contributed by atoms with Gasteiger partial charge in [-0.25, -0.2) is 4.98 Å². The maximum Gasteiger partial charge on any atom is 0.253 e. The number of hydrogen-bond acceptors (Lipinski definition) is 7. The lowest BCUT2D eigenvalue weighted by Crippen LogP contribution is -2.15. The summed E-state index contributed by atoms with van der Waals surface area (Å²) in [4.78, 5) is 30.6. The van der Waals surface area contributed by atoms with Crippen molar-refractivity contribution in [2.75, 3.05) is 20.0 Å². The third-order valence-corrected chi connectivity index (χ3v) is 4.65. The second-order valence-electron chi connectivity index (χ2n) is 5.01. The second kappa shape index (κ2) is 5.96. The van der Waals surface area contributed by atoms with Crippen molar-refractivity contribution < 1.29 is 14.3 Å². The Balaban J connectivity index is 1.90. The average Bonchev–Trinajstić information content (AvgIpc) is 2.80. The molecule has 0 aliphatic heterocycles. The summed E-state index contributed by atoms with van der Waals surface area (Å²) in [7, 11) is 3.08. The van der Waals surface area contributed by atoms with Crippen LogP contribution in [0.25, 0.3) is 0 Å². The normalized spacial score (nSPS) is 16.3. The molecular weight excluding hydrogens is 318 g/mol. The van der Waals surface area contributed by atoms with Gasteiger partial charge in [-0.15, -0.1) is 0 Å². The molecule has 8 heteroatoms. The van der Waals surface area contributed by atoms with E-state index in [1.54, 1.807) is 13.2 Å². The molecule has 3 rings (SSSR count). The van der Waals surface area contributed by atoms with Crippen molar-refractivity contribution >= 4 is 23.4 Å². The number of nitrogens with one attached hydrogen (secondary N) is 1. The topological polar surface area (TPSA) is 107 Å². The lowest BCUT2D eigenvalue weighted by molar-refractivity contribution is 0.1000. The molecule has 1 aliphatic carbocycles. The Morgan fingerprint density at radius 3 is 2.57 bits per heavy atom. The number of carbonyl (C=O) groups is 1. The van der Waals surface area contributed by atoms with Gasteiger partial charge in [-0.05, 0) is 24.1 Å². The van der Waals surface area contributed by atoms with E-state index in [2.05, 4.69) is 9.97 Å². The Bertz CT molecular complexity index is 834. The van der Waals surface area contributed by atoms with Gasteiger partial charge >= 0.3 is 0 Å². The highest BCUT2D eigenvalue weighted by Crippen LogP contribution is 2.39. The van der Waals surface area contributed by atoms with E-state index in [0.717, 1.165) is 5.56 Å². The van der Waals surface area contributed by atoms with Gasteiger partial charge in [0.2, 0.25) is 0 Å². The van der Waals surface area contributed by atoms with Crippen LogP contribution in [0.1, 0.15) is 15.9 Å². The summed E-state index contributed by atoms with van der Waals surface area (Å²) in [5.74, 6) is 1.19. The number of hydrogen-bond donors (Lipinski definition) is 2. The minimum absolute atomic E-state index is 0.0315. The number of H-pyrrole nitrogens is 1. The van der Waals surface area contributed by atoms with Gasteiger partial charge in [-0.2, -0.15) is 0 Å². The van der Waals surface area contributed by atoms with Crippen LogP contribution in [0, 0.1) is 0 Å². The molecule has 0 saturated heterocycles. The predicted octanol–water partition coefficient (Wildman–Crippen LogP) is 1.27. The number of aromatic nitrogens is 2. The third kappa shape index (κ3) is 2.89. The third-order valence-electron chi connectivity index (χ3n) is 3.57. The zero-order chi connectivity index (χ0) is 16.6. The van der Waals surface area contributed by atoms with Crippen molar-refractivity contribution in [1.82, 2.24) is 9.97 Å². The number of fused-ring (bicyclic) bond motifs is 1. The molecule has 0 saturated carbocycles. The van der Waals surface area contributed by atoms with Crippen LogP contribution in [-0.2, 0) is 6.42 Å². The minimum Gasteiger partial charge on any atom is -0.493 e.